The molecule has 0 saturated heterocycles. The highest BCUT2D eigenvalue weighted by molar-refractivity contribution is 5.94. The monoisotopic (exact) mass is 290 g/mol. The first-order valence-electron chi connectivity index (χ1n) is 7.35. The van der Waals surface area contributed by atoms with Crippen molar-refractivity contribution >= 4 is 17.6 Å². The maximum absolute atomic E-state index is 12.1. The zero-order valence-electron chi connectivity index (χ0n) is 12.3. The van der Waals surface area contributed by atoms with E-state index in [1.165, 1.54) is 0 Å². The van der Waals surface area contributed by atoms with Crippen LogP contribution in [0.4, 0.5) is 5.69 Å². The van der Waals surface area contributed by atoms with Gasteiger partial charge in [-0.3, -0.25) is 9.59 Å². The quantitative estimate of drug-likeness (QED) is 0.868. The van der Waals surface area contributed by atoms with Crippen molar-refractivity contribution in [3.63, 3.8) is 0 Å². The first kappa shape index (κ1) is 15.5. The molecule has 2 unspecified atom stereocenters. The van der Waals surface area contributed by atoms with E-state index in [0.717, 1.165) is 24.9 Å². The normalized spacial score (nSPS) is 21.8. The van der Waals surface area contributed by atoms with Crippen LogP contribution in [0.2, 0.25) is 0 Å². The van der Waals surface area contributed by atoms with Crippen molar-refractivity contribution in [2.75, 3.05) is 18.5 Å². The Balaban J connectivity index is 1.82. The number of para-hydroxylation sites is 1. The van der Waals surface area contributed by atoms with Crippen LogP contribution < -0.4 is 10.2 Å². The highest BCUT2D eigenvalue weighted by atomic mass is 16.4. The molecule has 2 rings (SSSR count). The van der Waals surface area contributed by atoms with Crippen LogP contribution in [0.3, 0.4) is 0 Å². The summed E-state index contributed by atoms with van der Waals surface area (Å²) in [6, 6.07) is 9.59. The molecule has 1 aliphatic rings. The second-order valence-electron chi connectivity index (χ2n) is 5.57. The van der Waals surface area contributed by atoms with Crippen LogP contribution in [0.1, 0.15) is 25.7 Å². The van der Waals surface area contributed by atoms with Gasteiger partial charge in [-0.15, -0.1) is 0 Å². The van der Waals surface area contributed by atoms with Crippen LogP contribution >= 0.6 is 0 Å². The van der Waals surface area contributed by atoms with E-state index in [1.54, 1.807) is 11.9 Å². The standard InChI is InChI=1S/C16H22N2O3/c1-18(14-8-3-2-4-9-14)15(19)11-17-13-7-5-6-12(10-13)16(20)21/h2-4,8-9,12-13,17H,5-7,10-11H2,1H3,(H,20,21). The van der Waals surface area contributed by atoms with Gasteiger partial charge >= 0.3 is 5.97 Å². The molecule has 1 saturated carbocycles. The predicted molar refractivity (Wildman–Crippen MR) is 81.2 cm³/mol. The zero-order chi connectivity index (χ0) is 15.2. The van der Waals surface area contributed by atoms with Crippen molar-refractivity contribution in [1.82, 2.24) is 5.32 Å². The number of aliphatic carboxylic acids is 1. The number of carbonyl (C=O) groups excluding carboxylic acids is 1. The predicted octanol–water partition coefficient (Wildman–Crippen LogP) is 1.88. The number of hydrogen-bond acceptors (Lipinski definition) is 3. The topological polar surface area (TPSA) is 69.6 Å². The van der Waals surface area contributed by atoms with Crippen LogP contribution in [0.5, 0.6) is 0 Å². The number of carboxylic acid groups (broad SMARTS) is 1. The fourth-order valence-corrected chi connectivity index (χ4v) is 2.75. The van der Waals surface area contributed by atoms with Gasteiger partial charge < -0.3 is 15.3 Å². The second kappa shape index (κ2) is 7.22. The Labute approximate surface area is 125 Å². The van der Waals surface area contributed by atoms with E-state index in [4.69, 9.17) is 5.11 Å². The first-order valence-corrected chi connectivity index (χ1v) is 7.35. The summed E-state index contributed by atoms with van der Waals surface area (Å²) in [5.41, 5.74) is 0.858. The number of nitrogens with zero attached hydrogens (tertiary/aromatic N) is 1. The largest absolute Gasteiger partial charge is 0.481 e. The minimum atomic E-state index is -0.728. The van der Waals surface area contributed by atoms with Crippen LogP contribution in [-0.2, 0) is 9.59 Å². The van der Waals surface area contributed by atoms with E-state index >= 15 is 0 Å². The number of carboxylic acids is 1. The summed E-state index contributed by atoms with van der Waals surface area (Å²) < 4.78 is 0. The van der Waals surface area contributed by atoms with Crippen LogP contribution in [0, 0.1) is 5.92 Å². The molecule has 1 amide bonds. The number of amides is 1. The molecule has 0 aliphatic heterocycles. The molecule has 1 aliphatic carbocycles. The van der Waals surface area contributed by atoms with Gasteiger partial charge in [-0.2, -0.15) is 0 Å². The second-order valence-corrected chi connectivity index (χ2v) is 5.57. The maximum Gasteiger partial charge on any atom is 0.306 e. The summed E-state index contributed by atoms with van der Waals surface area (Å²) in [6.45, 7) is 0.238. The third kappa shape index (κ3) is 4.29. The lowest BCUT2D eigenvalue weighted by Crippen LogP contribution is -2.42. The zero-order valence-corrected chi connectivity index (χ0v) is 12.3. The number of hydrogen-bond donors (Lipinski definition) is 2. The average molecular weight is 290 g/mol. The molecule has 2 atom stereocenters. The van der Waals surface area contributed by atoms with Gasteiger partial charge in [-0.1, -0.05) is 24.6 Å². The molecule has 0 bridgehead atoms. The summed E-state index contributed by atoms with van der Waals surface area (Å²) in [5.74, 6) is -1.02. The number of rotatable bonds is 5. The van der Waals surface area contributed by atoms with Gasteiger partial charge in [-0.05, 0) is 31.4 Å². The molecule has 0 heterocycles. The minimum Gasteiger partial charge on any atom is -0.481 e. The average Bonchev–Trinajstić information content (AvgIpc) is 2.53. The van der Waals surface area contributed by atoms with Crippen molar-refractivity contribution in [2.45, 2.75) is 31.7 Å². The van der Waals surface area contributed by atoms with Crippen molar-refractivity contribution in [1.29, 1.82) is 0 Å². The Morgan fingerprint density at radius 2 is 2.00 bits per heavy atom. The molecule has 5 nitrogen and oxygen atoms in total. The third-order valence-corrected chi connectivity index (χ3v) is 4.08. The van der Waals surface area contributed by atoms with Gasteiger partial charge in [0.25, 0.3) is 0 Å². The Kier molecular flexibility index (Phi) is 5.33. The lowest BCUT2D eigenvalue weighted by molar-refractivity contribution is -0.143. The number of carbonyl (C=O) groups is 2. The Hall–Kier alpha value is -1.88. The third-order valence-electron chi connectivity index (χ3n) is 4.08. The van der Waals surface area contributed by atoms with E-state index in [2.05, 4.69) is 5.32 Å². The smallest absolute Gasteiger partial charge is 0.306 e. The molecule has 21 heavy (non-hydrogen) atoms. The van der Waals surface area contributed by atoms with Crippen LogP contribution in [0.25, 0.3) is 0 Å². The van der Waals surface area contributed by atoms with Gasteiger partial charge in [0, 0.05) is 18.8 Å². The number of nitrogens with one attached hydrogen (secondary N) is 1. The Morgan fingerprint density at radius 1 is 1.29 bits per heavy atom. The summed E-state index contributed by atoms with van der Waals surface area (Å²) >= 11 is 0. The summed E-state index contributed by atoms with van der Waals surface area (Å²) in [7, 11) is 1.75. The highest BCUT2D eigenvalue weighted by Crippen LogP contribution is 2.24. The number of likely N-dealkylation sites (N-methyl/N-ethyl adjacent to an activating group) is 1. The van der Waals surface area contributed by atoms with Crippen LogP contribution in [-0.4, -0.2) is 36.6 Å². The summed E-state index contributed by atoms with van der Waals surface area (Å²) in [5, 5.41) is 12.3. The SMILES string of the molecule is CN(C(=O)CNC1CCCC(C(=O)O)C1)c1ccccc1. The van der Waals surface area contributed by atoms with Crippen molar-refractivity contribution in [3.8, 4) is 0 Å². The molecule has 114 valence electrons. The summed E-state index contributed by atoms with van der Waals surface area (Å²) in [6.07, 6.45) is 3.19. The number of benzene rings is 1. The summed E-state index contributed by atoms with van der Waals surface area (Å²) in [4.78, 5) is 24.8. The first-order chi connectivity index (χ1) is 10.1. The maximum atomic E-state index is 12.1. The lowest BCUT2D eigenvalue weighted by atomic mass is 9.86. The molecule has 5 heteroatoms. The molecular formula is C16H22N2O3. The number of anilines is 1. The van der Waals surface area contributed by atoms with Gasteiger partial charge in [0.1, 0.15) is 0 Å². The van der Waals surface area contributed by atoms with Crippen molar-refractivity contribution in [2.24, 2.45) is 5.92 Å². The molecule has 0 aromatic heterocycles. The van der Waals surface area contributed by atoms with E-state index in [0.29, 0.717) is 6.42 Å². The fraction of sp³-hybridized carbons (Fsp3) is 0.500. The van der Waals surface area contributed by atoms with E-state index < -0.39 is 5.97 Å². The van der Waals surface area contributed by atoms with Gasteiger partial charge in [0.15, 0.2) is 0 Å². The fourth-order valence-electron chi connectivity index (χ4n) is 2.75. The molecule has 0 radical (unpaired) electrons. The Bertz CT molecular complexity index is 490. The minimum absolute atomic E-state index is 0.0151. The van der Waals surface area contributed by atoms with Gasteiger partial charge in [0.2, 0.25) is 5.91 Å². The van der Waals surface area contributed by atoms with Gasteiger partial charge in [-0.25, -0.2) is 0 Å². The van der Waals surface area contributed by atoms with E-state index in [1.807, 2.05) is 30.3 Å². The Morgan fingerprint density at radius 3 is 2.67 bits per heavy atom. The van der Waals surface area contributed by atoms with Crippen molar-refractivity contribution < 1.29 is 14.7 Å². The van der Waals surface area contributed by atoms with E-state index in [9.17, 15) is 9.59 Å². The molecule has 1 fully saturated rings. The van der Waals surface area contributed by atoms with E-state index in [-0.39, 0.29) is 24.4 Å². The highest BCUT2D eigenvalue weighted by Gasteiger charge is 2.27. The molecular weight excluding hydrogens is 268 g/mol. The lowest BCUT2D eigenvalue weighted by Gasteiger charge is -2.28. The van der Waals surface area contributed by atoms with Gasteiger partial charge in [0.05, 0.1) is 12.5 Å². The molecule has 1 aromatic carbocycles. The van der Waals surface area contributed by atoms with Crippen molar-refractivity contribution in [3.05, 3.63) is 30.3 Å². The molecule has 0 spiro atoms. The molecule has 2 N–H and O–H groups in total. The van der Waals surface area contributed by atoms with Crippen LogP contribution in [0.15, 0.2) is 30.3 Å². The molecule has 1 aromatic rings.